The molecule has 0 aromatic heterocycles. The van der Waals surface area contributed by atoms with E-state index >= 15 is 0 Å². The van der Waals surface area contributed by atoms with Gasteiger partial charge in [0, 0.05) is 5.54 Å². The molecule has 5 rings (SSSR count). The molecule has 5 heteroatoms. The van der Waals surface area contributed by atoms with Crippen LogP contribution in [0.2, 0.25) is 0 Å². The molecule has 4 aliphatic rings. The van der Waals surface area contributed by atoms with E-state index in [1.807, 2.05) is 0 Å². The number of phenols is 3. The number of amides is 1. The second kappa shape index (κ2) is 4.54. The molecule has 1 aromatic carbocycles. The molecule has 4 saturated carbocycles. The molecule has 0 aliphatic heterocycles. The Bertz CT molecular complexity index is 605. The van der Waals surface area contributed by atoms with Gasteiger partial charge in [-0.3, -0.25) is 4.79 Å². The third-order valence-corrected chi connectivity index (χ3v) is 5.79. The van der Waals surface area contributed by atoms with E-state index in [4.69, 9.17) is 0 Å². The Morgan fingerprint density at radius 3 is 2.05 bits per heavy atom. The van der Waals surface area contributed by atoms with Crippen LogP contribution < -0.4 is 5.32 Å². The molecule has 1 amide bonds. The fourth-order valence-corrected chi connectivity index (χ4v) is 5.32. The number of carbonyl (C=O) groups excluding carboxylic acids is 1. The first kappa shape index (κ1) is 13.7. The summed E-state index contributed by atoms with van der Waals surface area (Å²) < 4.78 is 0. The van der Waals surface area contributed by atoms with Gasteiger partial charge in [0.2, 0.25) is 5.75 Å². The molecule has 0 spiro atoms. The van der Waals surface area contributed by atoms with Gasteiger partial charge in [0.15, 0.2) is 11.5 Å². The Labute approximate surface area is 129 Å². The summed E-state index contributed by atoms with van der Waals surface area (Å²) in [6.45, 7) is 0. The summed E-state index contributed by atoms with van der Waals surface area (Å²) in [5.41, 5.74) is -0.128. The Morgan fingerprint density at radius 1 is 0.955 bits per heavy atom. The first-order valence-corrected chi connectivity index (χ1v) is 8.02. The van der Waals surface area contributed by atoms with Crippen molar-refractivity contribution in [3.63, 3.8) is 0 Å². The topological polar surface area (TPSA) is 89.8 Å². The summed E-state index contributed by atoms with van der Waals surface area (Å²) in [6, 6.07) is 2.57. The molecule has 4 fully saturated rings. The van der Waals surface area contributed by atoms with Crippen molar-refractivity contribution in [3.8, 4) is 17.2 Å². The lowest BCUT2D eigenvalue weighted by atomic mass is 9.53. The van der Waals surface area contributed by atoms with Crippen LogP contribution in [0.25, 0.3) is 0 Å². The summed E-state index contributed by atoms with van der Waals surface area (Å²) in [5, 5.41) is 32.0. The lowest BCUT2D eigenvalue weighted by molar-refractivity contribution is -0.0167. The maximum Gasteiger partial charge on any atom is 0.255 e. The van der Waals surface area contributed by atoms with Crippen molar-refractivity contribution in [1.82, 2.24) is 5.32 Å². The Hall–Kier alpha value is -1.91. The van der Waals surface area contributed by atoms with Gasteiger partial charge in [-0.15, -0.1) is 0 Å². The largest absolute Gasteiger partial charge is 0.504 e. The molecule has 0 radical (unpaired) electrons. The van der Waals surface area contributed by atoms with E-state index in [2.05, 4.69) is 5.32 Å². The molecule has 0 saturated heterocycles. The molecule has 4 bridgehead atoms. The smallest absolute Gasteiger partial charge is 0.255 e. The van der Waals surface area contributed by atoms with Crippen LogP contribution >= 0.6 is 0 Å². The van der Waals surface area contributed by atoms with Crippen LogP contribution in [0.1, 0.15) is 48.9 Å². The van der Waals surface area contributed by atoms with Crippen LogP contribution in [0.5, 0.6) is 17.2 Å². The molecule has 5 nitrogen and oxygen atoms in total. The minimum atomic E-state index is -0.641. The lowest BCUT2D eigenvalue weighted by Gasteiger charge is -2.56. The van der Waals surface area contributed by atoms with Crippen LogP contribution in [-0.4, -0.2) is 26.8 Å². The number of hydrogen-bond acceptors (Lipinski definition) is 4. The number of benzene rings is 1. The first-order chi connectivity index (χ1) is 10.5. The highest BCUT2D eigenvalue weighted by atomic mass is 16.3. The van der Waals surface area contributed by atoms with Gasteiger partial charge >= 0.3 is 0 Å². The van der Waals surface area contributed by atoms with E-state index < -0.39 is 17.2 Å². The average Bonchev–Trinajstić information content (AvgIpc) is 2.42. The third kappa shape index (κ3) is 2.02. The van der Waals surface area contributed by atoms with Crippen LogP contribution in [0.3, 0.4) is 0 Å². The highest BCUT2D eigenvalue weighted by Crippen LogP contribution is 2.55. The Morgan fingerprint density at radius 2 is 1.50 bits per heavy atom. The quantitative estimate of drug-likeness (QED) is 0.632. The standard InChI is InChI=1S/C17H21NO4/c19-13-2-1-12(14(20)15(13)21)16(22)18-17-6-9-3-10(7-17)5-11(4-9)8-17/h1-2,9-11,19-21H,3-8H2,(H,18,22). The first-order valence-electron chi connectivity index (χ1n) is 8.02. The van der Waals surface area contributed by atoms with Crippen molar-refractivity contribution >= 4 is 5.91 Å². The van der Waals surface area contributed by atoms with E-state index in [0.717, 1.165) is 19.3 Å². The molecule has 1 aromatic rings. The number of carbonyl (C=O) groups is 1. The summed E-state index contributed by atoms with van der Waals surface area (Å²) >= 11 is 0. The van der Waals surface area contributed by atoms with Crippen LogP contribution in [0.15, 0.2) is 12.1 Å². The van der Waals surface area contributed by atoms with Crippen LogP contribution in [0.4, 0.5) is 0 Å². The molecule has 0 heterocycles. The fraction of sp³-hybridized carbons (Fsp3) is 0.588. The second-order valence-electron chi connectivity index (χ2n) is 7.48. The molecule has 4 N–H and O–H groups in total. The van der Waals surface area contributed by atoms with Crippen molar-refractivity contribution in [3.05, 3.63) is 17.7 Å². The highest BCUT2D eigenvalue weighted by Gasteiger charge is 2.51. The van der Waals surface area contributed by atoms with Crippen molar-refractivity contribution in [2.75, 3.05) is 0 Å². The monoisotopic (exact) mass is 303 g/mol. The summed E-state index contributed by atoms with van der Waals surface area (Å²) in [4.78, 5) is 12.5. The van der Waals surface area contributed by atoms with Crippen LogP contribution in [-0.2, 0) is 0 Å². The Kier molecular flexibility index (Phi) is 2.83. The second-order valence-corrected chi connectivity index (χ2v) is 7.48. The van der Waals surface area contributed by atoms with E-state index in [-0.39, 0.29) is 17.0 Å². The molecular formula is C17H21NO4. The zero-order valence-corrected chi connectivity index (χ0v) is 12.4. The van der Waals surface area contributed by atoms with Crippen molar-refractivity contribution < 1.29 is 20.1 Å². The highest BCUT2D eigenvalue weighted by molar-refractivity contribution is 5.98. The van der Waals surface area contributed by atoms with Crippen molar-refractivity contribution in [1.29, 1.82) is 0 Å². The molecule has 118 valence electrons. The maximum atomic E-state index is 12.5. The molecule has 22 heavy (non-hydrogen) atoms. The van der Waals surface area contributed by atoms with Gasteiger partial charge in [-0.25, -0.2) is 0 Å². The fourth-order valence-electron chi connectivity index (χ4n) is 5.32. The SMILES string of the molecule is O=C(NC12CC3CC(CC(C3)C1)C2)c1ccc(O)c(O)c1O. The van der Waals surface area contributed by atoms with Gasteiger partial charge < -0.3 is 20.6 Å². The predicted octanol–water partition coefficient (Wildman–Crippen LogP) is 2.50. The average molecular weight is 303 g/mol. The van der Waals surface area contributed by atoms with Gasteiger partial charge in [-0.1, -0.05) is 0 Å². The van der Waals surface area contributed by atoms with Gasteiger partial charge in [-0.2, -0.15) is 0 Å². The van der Waals surface area contributed by atoms with Gasteiger partial charge in [0.05, 0.1) is 5.56 Å². The zero-order chi connectivity index (χ0) is 15.5. The van der Waals surface area contributed by atoms with E-state index in [9.17, 15) is 20.1 Å². The number of aromatic hydroxyl groups is 3. The molecule has 0 unspecified atom stereocenters. The predicted molar refractivity (Wildman–Crippen MR) is 79.8 cm³/mol. The summed E-state index contributed by atoms with van der Waals surface area (Å²) in [6.07, 6.45) is 6.95. The normalized spacial score (nSPS) is 35.5. The van der Waals surface area contributed by atoms with Crippen molar-refractivity contribution in [2.24, 2.45) is 17.8 Å². The Balaban J connectivity index is 1.59. The van der Waals surface area contributed by atoms with Gasteiger partial charge in [-0.05, 0) is 68.4 Å². The van der Waals surface area contributed by atoms with Crippen molar-refractivity contribution in [2.45, 2.75) is 44.1 Å². The number of nitrogens with one attached hydrogen (secondary N) is 1. The minimum Gasteiger partial charge on any atom is -0.504 e. The van der Waals surface area contributed by atoms with Crippen LogP contribution in [0, 0.1) is 17.8 Å². The lowest BCUT2D eigenvalue weighted by Crippen LogP contribution is -2.59. The zero-order valence-electron chi connectivity index (χ0n) is 12.4. The minimum absolute atomic E-state index is 0.0195. The summed E-state index contributed by atoms with van der Waals surface area (Å²) in [7, 11) is 0. The van der Waals surface area contributed by atoms with Gasteiger partial charge in [0.1, 0.15) is 0 Å². The van der Waals surface area contributed by atoms with E-state index in [1.165, 1.54) is 31.4 Å². The number of hydrogen-bond donors (Lipinski definition) is 4. The summed E-state index contributed by atoms with van der Waals surface area (Å²) in [5.74, 6) is 0.161. The number of phenolic OH excluding ortho intramolecular Hbond substituents is 3. The number of rotatable bonds is 2. The molecular weight excluding hydrogens is 282 g/mol. The maximum absolute atomic E-state index is 12.5. The molecule has 0 atom stereocenters. The third-order valence-electron chi connectivity index (χ3n) is 5.79. The van der Waals surface area contributed by atoms with Gasteiger partial charge in [0.25, 0.3) is 5.91 Å². The van der Waals surface area contributed by atoms with E-state index in [0.29, 0.717) is 17.8 Å². The molecule has 4 aliphatic carbocycles. The van der Waals surface area contributed by atoms with E-state index in [1.54, 1.807) is 0 Å².